The van der Waals surface area contributed by atoms with E-state index in [0.29, 0.717) is 37.6 Å². The number of halogens is 3. The third-order valence-corrected chi connectivity index (χ3v) is 4.38. The maximum absolute atomic E-state index is 14.1. The van der Waals surface area contributed by atoms with E-state index in [1.807, 2.05) is 27.5 Å². The lowest BCUT2D eigenvalue weighted by atomic mass is 10.2. The van der Waals surface area contributed by atoms with Crippen LogP contribution in [0.3, 0.4) is 0 Å². The molecule has 1 aliphatic rings. The standard InChI is InChI=1S/C13H15ClFIN2O2/c1-20-12-7-11(9(15)6-10(12)16)17-2-4-18(5-3-17)13(19)8-14/h6-7H,2-5,8H2,1H3. The molecule has 20 heavy (non-hydrogen) atoms. The number of rotatable bonds is 3. The number of hydrogen-bond acceptors (Lipinski definition) is 3. The zero-order chi connectivity index (χ0) is 14.7. The number of benzene rings is 1. The second-order valence-electron chi connectivity index (χ2n) is 4.44. The molecule has 0 spiro atoms. The van der Waals surface area contributed by atoms with Crippen molar-refractivity contribution in [3.05, 3.63) is 21.5 Å². The number of carbonyl (C=O) groups is 1. The van der Waals surface area contributed by atoms with Crippen molar-refractivity contribution >= 4 is 45.8 Å². The number of alkyl halides is 1. The Kier molecular flexibility index (Phi) is 5.31. The minimum absolute atomic E-state index is 0.00822. The Morgan fingerprint density at radius 3 is 2.60 bits per heavy atom. The number of carbonyl (C=O) groups excluding carboxylic acids is 1. The van der Waals surface area contributed by atoms with Gasteiger partial charge < -0.3 is 14.5 Å². The Morgan fingerprint density at radius 2 is 2.05 bits per heavy atom. The van der Waals surface area contributed by atoms with Crippen molar-refractivity contribution in [3.63, 3.8) is 0 Å². The molecule has 1 heterocycles. The highest BCUT2D eigenvalue weighted by Crippen LogP contribution is 2.30. The third kappa shape index (κ3) is 3.28. The SMILES string of the molecule is COc1cc(N2CCN(C(=O)CCl)CC2)c(F)cc1I. The van der Waals surface area contributed by atoms with Crippen molar-refractivity contribution in [1.82, 2.24) is 4.90 Å². The summed E-state index contributed by atoms with van der Waals surface area (Å²) in [5, 5.41) is 0. The minimum atomic E-state index is -0.271. The van der Waals surface area contributed by atoms with Gasteiger partial charge in [0.1, 0.15) is 17.4 Å². The minimum Gasteiger partial charge on any atom is -0.496 e. The van der Waals surface area contributed by atoms with Crippen LogP contribution in [0.15, 0.2) is 12.1 Å². The van der Waals surface area contributed by atoms with Crippen LogP contribution in [0.25, 0.3) is 0 Å². The number of hydrogen-bond donors (Lipinski definition) is 0. The Labute approximate surface area is 136 Å². The maximum Gasteiger partial charge on any atom is 0.237 e. The summed E-state index contributed by atoms with van der Waals surface area (Å²) in [5.74, 6) is 0.298. The molecule has 0 atom stereocenters. The average molecular weight is 413 g/mol. The van der Waals surface area contributed by atoms with Gasteiger partial charge in [0, 0.05) is 32.2 Å². The van der Waals surface area contributed by atoms with Gasteiger partial charge in [-0.1, -0.05) is 0 Å². The van der Waals surface area contributed by atoms with Gasteiger partial charge in [0.2, 0.25) is 5.91 Å². The Balaban J connectivity index is 2.12. The van der Waals surface area contributed by atoms with Gasteiger partial charge in [-0.15, -0.1) is 11.6 Å². The van der Waals surface area contributed by atoms with E-state index in [-0.39, 0.29) is 17.6 Å². The van der Waals surface area contributed by atoms with Crippen molar-refractivity contribution in [3.8, 4) is 5.75 Å². The van der Waals surface area contributed by atoms with Crippen LogP contribution in [0.4, 0.5) is 10.1 Å². The molecular formula is C13H15ClFIN2O2. The number of amides is 1. The van der Waals surface area contributed by atoms with Crippen LogP contribution >= 0.6 is 34.2 Å². The number of anilines is 1. The van der Waals surface area contributed by atoms with E-state index in [4.69, 9.17) is 16.3 Å². The van der Waals surface area contributed by atoms with Gasteiger partial charge in [-0.05, 0) is 28.7 Å². The molecule has 1 fully saturated rings. The smallest absolute Gasteiger partial charge is 0.237 e. The van der Waals surface area contributed by atoms with Gasteiger partial charge >= 0.3 is 0 Å². The van der Waals surface area contributed by atoms with Gasteiger partial charge in [-0.2, -0.15) is 0 Å². The molecule has 0 unspecified atom stereocenters. The molecule has 4 nitrogen and oxygen atoms in total. The topological polar surface area (TPSA) is 32.8 Å². The normalized spacial score (nSPS) is 15.4. The van der Waals surface area contributed by atoms with Crippen molar-refractivity contribution < 1.29 is 13.9 Å². The van der Waals surface area contributed by atoms with Crippen molar-refractivity contribution in [2.75, 3.05) is 44.1 Å². The van der Waals surface area contributed by atoms with Crippen LogP contribution in [0.1, 0.15) is 0 Å². The van der Waals surface area contributed by atoms with E-state index in [1.54, 1.807) is 18.1 Å². The first-order valence-corrected chi connectivity index (χ1v) is 7.80. The largest absolute Gasteiger partial charge is 0.496 e. The fourth-order valence-corrected chi connectivity index (χ4v) is 3.02. The number of nitrogens with zero attached hydrogens (tertiary/aromatic N) is 2. The molecule has 110 valence electrons. The molecule has 1 aliphatic heterocycles. The molecule has 2 rings (SSSR count). The second kappa shape index (κ2) is 6.80. The number of ether oxygens (including phenoxy) is 1. The first kappa shape index (κ1) is 15.6. The van der Waals surface area contributed by atoms with Crippen LogP contribution in [0, 0.1) is 9.39 Å². The summed E-state index contributed by atoms with van der Waals surface area (Å²) < 4.78 is 20.0. The van der Waals surface area contributed by atoms with Crippen molar-refractivity contribution in [1.29, 1.82) is 0 Å². The van der Waals surface area contributed by atoms with E-state index < -0.39 is 0 Å². The van der Waals surface area contributed by atoms with Crippen LogP contribution < -0.4 is 9.64 Å². The van der Waals surface area contributed by atoms with E-state index in [2.05, 4.69) is 0 Å². The maximum atomic E-state index is 14.1. The van der Waals surface area contributed by atoms with Crippen molar-refractivity contribution in [2.24, 2.45) is 0 Å². The van der Waals surface area contributed by atoms with E-state index in [1.165, 1.54) is 6.07 Å². The van der Waals surface area contributed by atoms with Crippen LogP contribution in [-0.4, -0.2) is 50.0 Å². The Bertz CT molecular complexity index is 507. The first-order valence-electron chi connectivity index (χ1n) is 6.18. The molecule has 1 saturated heterocycles. The third-order valence-electron chi connectivity index (χ3n) is 3.31. The lowest BCUT2D eigenvalue weighted by Crippen LogP contribution is -2.49. The van der Waals surface area contributed by atoms with Crippen LogP contribution in [-0.2, 0) is 4.79 Å². The summed E-state index contributed by atoms with van der Waals surface area (Å²) >= 11 is 7.58. The van der Waals surface area contributed by atoms with Crippen LogP contribution in [0.2, 0.25) is 0 Å². The second-order valence-corrected chi connectivity index (χ2v) is 5.87. The molecular weight excluding hydrogens is 398 g/mol. The fraction of sp³-hybridized carbons (Fsp3) is 0.462. The summed E-state index contributed by atoms with van der Waals surface area (Å²) in [5.41, 5.74) is 0.514. The molecule has 1 amide bonds. The summed E-state index contributed by atoms with van der Waals surface area (Å²) in [4.78, 5) is 15.1. The molecule has 0 N–H and O–H groups in total. The lowest BCUT2D eigenvalue weighted by Gasteiger charge is -2.36. The lowest BCUT2D eigenvalue weighted by molar-refractivity contribution is -0.128. The van der Waals surface area contributed by atoms with Gasteiger partial charge in [0.05, 0.1) is 16.4 Å². The molecule has 0 radical (unpaired) electrons. The van der Waals surface area contributed by atoms with E-state index in [9.17, 15) is 9.18 Å². The fourth-order valence-electron chi connectivity index (χ4n) is 2.20. The summed E-state index contributed by atoms with van der Waals surface area (Å²) in [6.07, 6.45) is 0. The Morgan fingerprint density at radius 1 is 1.40 bits per heavy atom. The molecule has 0 aromatic heterocycles. The highest BCUT2D eigenvalue weighted by Gasteiger charge is 2.23. The molecule has 0 saturated carbocycles. The molecule has 1 aromatic carbocycles. The van der Waals surface area contributed by atoms with Gasteiger partial charge in [0.15, 0.2) is 0 Å². The number of piperazine rings is 1. The monoisotopic (exact) mass is 412 g/mol. The highest BCUT2D eigenvalue weighted by atomic mass is 127. The molecule has 0 aliphatic carbocycles. The first-order chi connectivity index (χ1) is 9.56. The zero-order valence-corrected chi connectivity index (χ0v) is 13.9. The van der Waals surface area contributed by atoms with Crippen molar-refractivity contribution in [2.45, 2.75) is 0 Å². The Hall–Kier alpha value is -0.760. The molecule has 0 bridgehead atoms. The molecule has 7 heteroatoms. The van der Waals surface area contributed by atoms with Gasteiger partial charge in [0.25, 0.3) is 0 Å². The predicted octanol–water partition coefficient (Wildman–Crippen LogP) is 2.33. The highest BCUT2D eigenvalue weighted by molar-refractivity contribution is 14.1. The molecule has 1 aromatic rings. The van der Waals surface area contributed by atoms with Gasteiger partial charge in [-0.3, -0.25) is 4.79 Å². The van der Waals surface area contributed by atoms with E-state index in [0.717, 1.165) is 3.57 Å². The van der Waals surface area contributed by atoms with Crippen LogP contribution in [0.5, 0.6) is 5.75 Å². The number of methoxy groups -OCH3 is 1. The zero-order valence-electron chi connectivity index (χ0n) is 11.0. The average Bonchev–Trinajstić information content (AvgIpc) is 2.47. The summed E-state index contributed by atoms with van der Waals surface area (Å²) in [6, 6.07) is 3.17. The van der Waals surface area contributed by atoms with E-state index >= 15 is 0 Å². The quantitative estimate of drug-likeness (QED) is 0.564. The summed E-state index contributed by atoms with van der Waals surface area (Å²) in [6.45, 7) is 2.28. The summed E-state index contributed by atoms with van der Waals surface area (Å²) in [7, 11) is 1.57. The predicted molar refractivity (Wildman–Crippen MR) is 85.2 cm³/mol. The van der Waals surface area contributed by atoms with Gasteiger partial charge in [-0.25, -0.2) is 4.39 Å².